The summed E-state index contributed by atoms with van der Waals surface area (Å²) in [6.07, 6.45) is 0. The Labute approximate surface area is 194 Å². The van der Waals surface area contributed by atoms with E-state index in [0.29, 0.717) is 0 Å². The standard InChI is InChI=1S/C29H25N3O/c1-32(2)25-14-11-20(12-15-25)27-19-28(31-29(30-27)21-7-5-4-6-8-21)24-10-9-23-18-26(33-3)16-13-22(23)17-24/h4-19H,1-3H3. The first-order valence-electron chi connectivity index (χ1n) is 10.9. The second-order valence-electron chi connectivity index (χ2n) is 8.20. The molecule has 0 fully saturated rings. The van der Waals surface area contributed by atoms with E-state index < -0.39 is 0 Å². The smallest absolute Gasteiger partial charge is 0.160 e. The van der Waals surface area contributed by atoms with Gasteiger partial charge in [-0.3, -0.25) is 0 Å². The molecule has 0 unspecified atom stereocenters. The fraction of sp³-hybridized carbons (Fsp3) is 0.103. The van der Waals surface area contributed by atoms with Crippen LogP contribution in [0.25, 0.3) is 44.7 Å². The Hall–Kier alpha value is -4.18. The largest absolute Gasteiger partial charge is 0.497 e. The zero-order valence-electron chi connectivity index (χ0n) is 19.0. The molecule has 0 N–H and O–H groups in total. The first kappa shape index (κ1) is 20.7. The van der Waals surface area contributed by atoms with Crippen molar-refractivity contribution < 1.29 is 4.74 Å². The van der Waals surface area contributed by atoms with Gasteiger partial charge in [-0.05, 0) is 47.2 Å². The summed E-state index contributed by atoms with van der Waals surface area (Å²) in [4.78, 5) is 12.0. The number of hydrogen-bond donors (Lipinski definition) is 0. The summed E-state index contributed by atoms with van der Waals surface area (Å²) >= 11 is 0. The number of aromatic nitrogens is 2. The van der Waals surface area contributed by atoms with Crippen molar-refractivity contribution in [1.82, 2.24) is 9.97 Å². The molecule has 5 aromatic rings. The second-order valence-corrected chi connectivity index (χ2v) is 8.20. The third kappa shape index (κ3) is 4.28. The fourth-order valence-electron chi connectivity index (χ4n) is 3.90. The maximum atomic E-state index is 5.37. The van der Waals surface area contributed by atoms with Crippen LogP contribution < -0.4 is 9.64 Å². The van der Waals surface area contributed by atoms with E-state index in [0.717, 1.165) is 56.1 Å². The molecule has 162 valence electrons. The lowest BCUT2D eigenvalue weighted by Gasteiger charge is -2.13. The van der Waals surface area contributed by atoms with Crippen LogP contribution in [0.15, 0.2) is 97.1 Å². The number of benzene rings is 4. The van der Waals surface area contributed by atoms with E-state index in [9.17, 15) is 0 Å². The average Bonchev–Trinajstić information content (AvgIpc) is 2.88. The maximum Gasteiger partial charge on any atom is 0.160 e. The van der Waals surface area contributed by atoms with Crippen LogP contribution in [0.3, 0.4) is 0 Å². The molecule has 4 heteroatoms. The second kappa shape index (κ2) is 8.75. The summed E-state index contributed by atoms with van der Waals surface area (Å²) in [6, 6.07) is 33.2. The van der Waals surface area contributed by atoms with Crippen LogP contribution >= 0.6 is 0 Å². The summed E-state index contributed by atoms with van der Waals surface area (Å²) in [6.45, 7) is 0. The van der Waals surface area contributed by atoms with Crippen molar-refractivity contribution in [2.75, 3.05) is 26.1 Å². The van der Waals surface area contributed by atoms with Crippen LogP contribution in [-0.2, 0) is 0 Å². The van der Waals surface area contributed by atoms with Gasteiger partial charge in [0, 0.05) is 36.5 Å². The first-order valence-corrected chi connectivity index (χ1v) is 10.9. The number of fused-ring (bicyclic) bond motifs is 1. The monoisotopic (exact) mass is 431 g/mol. The van der Waals surface area contributed by atoms with E-state index >= 15 is 0 Å². The molecule has 0 spiro atoms. The molecule has 4 aromatic carbocycles. The molecular weight excluding hydrogens is 406 g/mol. The highest BCUT2D eigenvalue weighted by Gasteiger charge is 2.11. The predicted molar refractivity (Wildman–Crippen MR) is 137 cm³/mol. The lowest BCUT2D eigenvalue weighted by atomic mass is 10.0. The molecule has 0 aliphatic rings. The molecule has 0 radical (unpaired) electrons. The number of ether oxygens (including phenoxy) is 1. The molecule has 1 heterocycles. The zero-order chi connectivity index (χ0) is 22.8. The van der Waals surface area contributed by atoms with E-state index in [-0.39, 0.29) is 0 Å². The molecule has 1 aromatic heterocycles. The van der Waals surface area contributed by atoms with Crippen LogP contribution in [-0.4, -0.2) is 31.2 Å². The third-order valence-electron chi connectivity index (χ3n) is 5.78. The fourth-order valence-corrected chi connectivity index (χ4v) is 3.90. The highest BCUT2D eigenvalue weighted by Crippen LogP contribution is 2.31. The highest BCUT2D eigenvalue weighted by atomic mass is 16.5. The SMILES string of the molecule is COc1ccc2cc(-c3cc(-c4ccc(N(C)C)cc4)nc(-c4ccccc4)n3)ccc2c1. The van der Waals surface area contributed by atoms with Crippen molar-refractivity contribution in [2.45, 2.75) is 0 Å². The molecule has 0 bridgehead atoms. The van der Waals surface area contributed by atoms with Gasteiger partial charge in [0.25, 0.3) is 0 Å². The Morgan fingerprint density at radius 3 is 1.94 bits per heavy atom. The summed E-state index contributed by atoms with van der Waals surface area (Å²) in [5.41, 5.74) is 6.06. The van der Waals surface area contributed by atoms with Gasteiger partial charge in [0.1, 0.15) is 5.75 Å². The van der Waals surface area contributed by atoms with Gasteiger partial charge >= 0.3 is 0 Å². The molecule has 4 nitrogen and oxygen atoms in total. The van der Waals surface area contributed by atoms with Gasteiger partial charge in [0.05, 0.1) is 18.5 Å². The predicted octanol–water partition coefficient (Wildman–Crippen LogP) is 6.71. The van der Waals surface area contributed by atoms with Crippen molar-refractivity contribution in [2.24, 2.45) is 0 Å². The first-order chi connectivity index (χ1) is 16.1. The minimum atomic E-state index is 0.717. The molecule has 0 aliphatic heterocycles. The Bertz CT molecular complexity index is 1410. The van der Waals surface area contributed by atoms with Crippen molar-refractivity contribution in [3.8, 4) is 39.7 Å². The van der Waals surface area contributed by atoms with Gasteiger partial charge < -0.3 is 9.64 Å². The highest BCUT2D eigenvalue weighted by molar-refractivity contribution is 5.88. The summed E-state index contributed by atoms with van der Waals surface area (Å²) in [5, 5.41) is 2.28. The van der Waals surface area contributed by atoms with E-state index in [1.54, 1.807) is 7.11 Å². The van der Waals surface area contributed by atoms with Crippen molar-refractivity contribution in [3.63, 3.8) is 0 Å². The molecule has 0 aliphatic carbocycles. The van der Waals surface area contributed by atoms with Crippen molar-refractivity contribution in [1.29, 1.82) is 0 Å². The van der Waals surface area contributed by atoms with Gasteiger partial charge in [-0.2, -0.15) is 0 Å². The van der Waals surface area contributed by atoms with Gasteiger partial charge in [0.15, 0.2) is 5.82 Å². The molecule has 0 atom stereocenters. The lowest BCUT2D eigenvalue weighted by Crippen LogP contribution is -2.08. The summed E-state index contributed by atoms with van der Waals surface area (Å²) < 4.78 is 5.37. The van der Waals surface area contributed by atoms with E-state index in [4.69, 9.17) is 14.7 Å². The minimum absolute atomic E-state index is 0.717. The molecule has 0 amide bonds. The molecule has 0 saturated heterocycles. The van der Waals surface area contributed by atoms with E-state index in [2.05, 4.69) is 59.5 Å². The van der Waals surface area contributed by atoms with Crippen molar-refractivity contribution >= 4 is 16.5 Å². The topological polar surface area (TPSA) is 38.2 Å². The number of methoxy groups -OCH3 is 1. The molecule has 0 saturated carbocycles. The van der Waals surface area contributed by atoms with Gasteiger partial charge in [0.2, 0.25) is 0 Å². The van der Waals surface area contributed by atoms with Gasteiger partial charge in [-0.1, -0.05) is 60.7 Å². The third-order valence-corrected chi connectivity index (χ3v) is 5.78. The van der Waals surface area contributed by atoms with Crippen LogP contribution in [0.1, 0.15) is 0 Å². The number of nitrogens with zero attached hydrogens (tertiary/aromatic N) is 3. The van der Waals surface area contributed by atoms with Gasteiger partial charge in [-0.15, -0.1) is 0 Å². The van der Waals surface area contributed by atoms with Crippen molar-refractivity contribution in [3.05, 3.63) is 97.1 Å². The number of anilines is 1. The van der Waals surface area contributed by atoms with E-state index in [1.807, 2.05) is 56.6 Å². The van der Waals surface area contributed by atoms with Crippen LogP contribution in [0.2, 0.25) is 0 Å². The zero-order valence-corrected chi connectivity index (χ0v) is 19.0. The maximum absolute atomic E-state index is 5.37. The Balaban J connectivity index is 1.65. The summed E-state index contributed by atoms with van der Waals surface area (Å²) in [7, 11) is 5.77. The lowest BCUT2D eigenvalue weighted by molar-refractivity contribution is 0.415. The van der Waals surface area contributed by atoms with Gasteiger partial charge in [-0.25, -0.2) is 9.97 Å². The number of rotatable bonds is 5. The number of hydrogen-bond acceptors (Lipinski definition) is 4. The molecule has 33 heavy (non-hydrogen) atoms. The summed E-state index contributed by atoms with van der Waals surface area (Å²) in [5.74, 6) is 1.57. The molecular formula is C29H25N3O. The Morgan fingerprint density at radius 2 is 1.24 bits per heavy atom. The minimum Gasteiger partial charge on any atom is -0.497 e. The Kier molecular flexibility index (Phi) is 5.49. The van der Waals surface area contributed by atoms with Crippen LogP contribution in [0.4, 0.5) is 5.69 Å². The average molecular weight is 432 g/mol. The Morgan fingerprint density at radius 1 is 0.606 bits per heavy atom. The quantitative estimate of drug-likeness (QED) is 0.310. The van der Waals surface area contributed by atoms with E-state index in [1.165, 1.54) is 0 Å². The molecule has 5 rings (SSSR count). The van der Waals surface area contributed by atoms with Crippen LogP contribution in [0.5, 0.6) is 5.75 Å². The van der Waals surface area contributed by atoms with Crippen LogP contribution in [0, 0.1) is 0 Å². The normalized spacial score (nSPS) is 10.9.